The van der Waals surface area contributed by atoms with Gasteiger partial charge in [0.05, 0.1) is 0 Å². The van der Waals surface area contributed by atoms with Gasteiger partial charge >= 0.3 is 0 Å². The highest BCUT2D eigenvalue weighted by atomic mass is 16.5. The Bertz CT molecular complexity index is 150. The lowest BCUT2D eigenvalue weighted by Gasteiger charge is -2.43. The SMILES string of the molecule is COCCCC(C1CCC1)C1CNC1. The molecule has 1 atom stereocenters. The zero-order valence-corrected chi connectivity index (χ0v) is 9.30. The molecule has 14 heavy (non-hydrogen) atoms. The van der Waals surface area contributed by atoms with Crippen molar-refractivity contribution in [2.75, 3.05) is 26.8 Å². The van der Waals surface area contributed by atoms with E-state index in [2.05, 4.69) is 5.32 Å². The Kier molecular flexibility index (Phi) is 3.82. The second-order valence-corrected chi connectivity index (χ2v) is 4.91. The zero-order valence-electron chi connectivity index (χ0n) is 9.30. The smallest absolute Gasteiger partial charge is 0.0462 e. The highest BCUT2D eigenvalue weighted by molar-refractivity contribution is 4.88. The molecule has 0 radical (unpaired) electrons. The van der Waals surface area contributed by atoms with Gasteiger partial charge in [0.2, 0.25) is 0 Å². The summed E-state index contributed by atoms with van der Waals surface area (Å²) in [6, 6.07) is 0. The predicted molar refractivity (Wildman–Crippen MR) is 58.3 cm³/mol. The fourth-order valence-electron chi connectivity index (χ4n) is 2.80. The van der Waals surface area contributed by atoms with Gasteiger partial charge in [0.15, 0.2) is 0 Å². The lowest BCUT2D eigenvalue weighted by molar-refractivity contribution is 0.0881. The second-order valence-electron chi connectivity index (χ2n) is 4.91. The van der Waals surface area contributed by atoms with E-state index in [9.17, 15) is 0 Å². The minimum atomic E-state index is 0.948. The van der Waals surface area contributed by atoms with Crippen molar-refractivity contribution < 1.29 is 4.74 Å². The van der Waals surface area contributed by atoms with Crippen LogP contribution in [-0.4, -0.2) is 26.8 Å². The number of nitrogens with one attached hydrogen (secondary N) is 1. The summed E-state index contributed by atoms with van der Waals surface area (Å²) in [6.45, 7) is 3.49. The van der Waals surface area contributed by atoms with Crippen LogP contribution >= 0.6 is 0 Å². The minimum Gasteiger partial charge on any atom is -0.385 e. The van der Waals surface area contributed by atoms with Gasteiger partial charge in [0.25, 0.3) is 0 Å². The maximum absolute atomic E-state index is 5.14. The summed E-state index contributed by atoms with van der Waals surface area (Å²) in [5.41, 5.74) is 0. The van der Waals surface area contributed by atoms with E-state index in [0.717, 1.165) is 24.4 Å². The zero-order chi connectivity index (χ0) is 9.80. The van der Waals surface area contributed by atoms with Crippen LogP contribution in [-0.2, 0) is 4.74 Å². The largest absolute Gasteiger partial charge is 0.385 e. The van der Waals surface area contributed by atoms with Gasteiger partial charge in [-0.15, -0.1) is 0 Å². The molecule has 2 aliphatic rings. The maximum Gasteiger partial charge on any atom is 0.0462 e. The molecule has 2 heteroatoms. The average Bonchev–Trinajstić information content (AvgIpc) is 1.98. The Morgan fingerprint density at radius 1 is 1.29 bits per heavy atom. The normalized spacial score (nSPS) is 25.5. The first-order chi connectivity index (χ1) is 6.92. The first-order valence-corrected chi connectivity index (χ1v) is 6.11. The van der Waals surface area contributed by atoms with Crippen molar-refractivity contribution in [2.45, 2.75) is 32.1 Å². The highest BCUT2D eigenvalue weighted by Crippen LogP contribution is 2.40. The second kappa shape index (κ2) is 5.13. The summed E-state index contributed by atoms with van der Waals surface area (Å²) in [5, 5.41) is 3.40. The maximum atomic E-state index is 5.14. The first-order valence-electron chi connectivity index (χ1n) is 6.11. The third kappa shape index (κ3) is 2.29. The fourth-order valence-corrected chi connectivity index (χ4v) is 2.80. The number of ether oxygens (including phenoxy) is 1. The Morgan fingerprint density at radius 2 is 2.07 bits per heavy atom. The Balaban J connectivity index is 1.73. The van der Waals surface area contributed by atoms with Crippen molar-refractivity contribution in [3.8, 4) is 0 Å². The first kappa shape index (κ1) is 10.4. The molecular formula is C12H23NO. The number of hydrogen-bond acceptors (Lipinski definition) is 2. The van der Waals surface area contributed by atoms with Crippen molar-refractivity contribution in [3.05, 3.63) is 0 Å². The third-order valence-electron chi connectivity index (χ3n) is 4.06. The van der Waals surface area contributed by atoms with Gasteiger partial charge in [-0.3, -0.25) is 0 Å². The molecule has 0 spiro atoms. The van der Waals surface area contributed by atoms with Crippen molar-refractivity contribution in [3.63, 3.8) is 0 Å². The molecule has 0 bridgehead atoms. The molecule has 1 aliphatic heterocycles. The Hall–Kier alpha value is -0.0800. The van der Waals surface area contributed by atoms with E-state index in [4.69, 9.17) is 4.74 Å². The van der Waals surface area contributed by atoms with Crippen LogP contribution in [0.2, 0.25) is 0 Å². The van der Waals surface area contributed by atoms with Crippen molar-refractivity contribution in [1.29, 1.82) is 0 Å². The number of rotatable bonds is 6. The molecular weight excluding hydrogens is 174 g/mol. The van der Waals surface area contributed by atoms with Crippen LogP contribution in [0.25, 0.3) is 0 Å². The van der Waals surface area contributed by atoms with Crippen LogP contribution in [0.5, 0.6) is 0 Å². The van der Waals surface area contributed by atoms with E-state index >= 15 is 0 Å². The van der Waals surface area contributed by atoms with Crippen LogP contribution in [0.1, 0.15) is 32.1 Å². The van der Waals surface area contributed by atoms with Gasteiger partial charge in [0.1, 0.15) is 0 Å². The van der Waals surface area contributed by atoms with Crippen LogP contribution < -0.4 is 5.32 Å². The standard InChI is InChI=1S/C12H23NO/c1-14-7-3-6-12(10-4-2-5-10)11-8-13-9-11/h10-13H,2-9H2,1H3. The monoisotopic (exact) mass is 197 g/mol. The molecule has 2 rings (SSSR count). The molecule has 1 unspecified atom stereocenters. The van der Waals surface area contributed by atoms with E-state index < -0.39 is 0 Å². The summed E-state index contributed by atoms with van der Waals surface area (Å²) in [6.07, 6.45) is 7.12. The van der Waals surface area contributed by atoms with Crippen LogP contribution in [0, 0.1) is 17.8 Å². The van der Waals surface area contributed by atoms with E-state index in [1.165, 1.54) is 45.2 Å². The van der Waals surface area contributed by atoms with Gasteiger partial charge in [-0.1, -0.05) is 19.3 Å². The van der Waals surface area contributed by atoms with Gasteiger partial charge in [-0.2, -0.15) is 0 Å². The van der Waals surface area contributed by atoms with E-state index in [1.54, 1.807) is 0 Å². The average molecular weight is 197 g/mol. The van der Waals surface area contributed by atoms with Gasteiger partial charge in [-0.25, -0.2) is 0 Å². The van der Waals surface area contributed by atoms with E-state index in [0.29, 0.717) is 0 Å². The molecule has 0 amide bonds. The lowest BCUT2D eigenvalue weighted by Crippen LogP contribution is -2.49. The van der Waals surface area contributed by atoms with Crippen molar-refractivity contribution in [1.82, 2.24) is 5.32 Å². The van der Waals surface area contributed by atoms with E-state index in [-0.39, 0.29) is 0 Å². The summed E-state index contributed by atoms with van der Waals surface area (Å²) in [4.78, 5) is 0. The molecule has 0 aromatic carbocycles. The molecule has 2 fully saturated rings. The minimum absolute atomic E-state index is 0.948. The molecule has 1 aliphatic carbocycles. The summed E-state index contributed by atoms with van der Waals surface area (Å²) >= 11 is 0. The third-order valence-corrected chi connectivity index (χ3v) is 4.06. The van der Waals surface area contributed by atoms with E-state index in [1.807, 2.05) is 7.11 Å². The number of methoxy groups -OCH3 is 1. The molecule has 0 aromatic rings. The predicted octanol–water partition coefficient (Wildman–Crippen LogP) is 2.05. The van der Waals surface area contributed by atoms with Crippen molar-refractivity contribution in [2.24, 2.45) is 17.8 Å². The van der Waals surface area contributed by atoms with Gasteiger partial charge < -0.3 is 10.1 Å². The molecule has 1 saturated heterocycles. The van der Waals surface area contributed by atoms with Crippen LogP contribution in [0.15, 0.2) is 0 Å². The van der Waals surface area contributed by atoms with Crippen molar-refractivity contribution >= 4 is 0 Å². The topological polar surface area (TPSA) is 21.3 Å². The Morgan fingerprint density at radius 3 is 2.50 bits per heavy atom. The highest BCUT2D eigenvalue weighted by Gasteiger charge is 2.35. The van der Waals surface area contributed by atoms with Crippen LogP contribution in [0.3, 0.4) is 0 Å². The number of hydrogen-bond donors (Lipinski definition) is 1. The molecule has 1 heterocycles. The molecule has 0 aromatic heterocycles. The Labute approximate surface area is 87.4 Å². The molecule has 1 saturated carbocycles. The quantitative estimate of drug-likeness (QED) is 0.658. The molecule has 2 nitrogen and oxygen atoms in total. The molecule has 82 valence electrons. The lowest BCUT2D eigenvalue weighted by atomic mass is 9.67. The molecule has 1 N–H and O–H groups in total. The summed E-state index contributed by atoms with van der Waals surface area (Å²) in [7, 11) is 1.81. The van der Waals surface area contributed by atoms with Gasteiger partial charge in [0, 0.05) is 13.7 Å². The summed E-state index contributed by atoms with van der Waals surface area (Å²) < 4.78 is 5.14. The summed E-state index contributed by atoms with van der Waals surface area (Å²) in [5.74, 6) is 3.04. The van der Waals surface area contributed by atoms with Gasteiger partial charge in [-0.05, 0) is 43.7 Å². The van der Waals surface area contributed by atoms with Crippen LogP contribution in [0.4, 0.5) is 0 Å². The fraction of sp³-hybridized carbons (Fsp3) is 1.00.